The summed E-state index contributed by atoms with van der Waals surface area (Å²) in [6.45, 7) is 1.01. The first-order valence-corrected chi connectivity index (χ1v) is 10.9. The molecule has 0 radical (unpaired) electrons. The van der Waals surface area contributed by atoms with Gasteiger partial charge in [-0.05, 0) is 42.7 Å². The first-order chi connectivity index (χ1) is 13.3. The van der Waals surface area contributed by atoms with Gasteiger partial charge >= 0.3 is 0 Å². The quantitative estimate of drug-likeness (QED) is 0.800. The van der Waals surface area contributed by atoms with Gasteiger partial charge in [-0.3, -0.25) is 4.79 Å². The van der Waals surface area contributed by atoms with Gasteiger partial charge in [0, 0.05) is 19.1 Å². The molecule has 2 aromatic carbocycles. The zero-order chi connectivity index (χ0) is 20.1. The van der Waals surface area contributed by atoms with Crippen molar-refractivity contribution in [3.05, 3.63) is 65.5 Å². The Labute approximate surface area is 164 Å². The number of nitrogens with zero attached hydrogens (tertiary/aromatic N) is 1. The summed E-state index contributed by atoms with van der Waals surface area (Å²) >= 11 is 0. The standard InChI is InChI=1S/C20H23FN2O4S/c1-28(25,26)23-12-10-17(11-13-23)22-20(24)18-4-2-3-5-19(18)27-14-15-6-8-16(21)9-7-15/h2-9,17H,10-14H2,1H3,(H,22,24). The van der Waals surface area contributed by atoms with Gasteiger partial charge in [0.15, 0.2) is 0 Å². The SMILES string of the molecule is CS(=O)(=O)N1CCC(NC(=O)c2ccccc2OCc2ccc(F)cc2)CC1. The maximum absolute atomic E-state index is 13.0. The van der Waals surface area contributed by atoms with E-state index in [0.717, 1.165) is 5.56 Å². The topological polar surface area (TPSA) is 75.7 Å². The molecule has 1 saturated heterocycles. The van der Waals surface area contributed by atoms with Crippen LogP contribution in [-0.2, 0) is 16.6 Å². The predicted molar refractivity (Wildman–Crippen MR) is 104 cm³/mol. The highest BCUT2D eigenvalue weighted by Crippen LogP contribution is 2.21. The Hall–Kier alpha value is -2.45. The average Bonchev–Trinajstić information content (AvgIpc) is 2.67. The molecule has 3 rings (SSSR count). The molecule has 0 bridgehead atoms. The van der Waals surface area contributed by atoms with Crippen molar-refractivity contribution >= 4 is 15.9 Å². The lowest BCUT2D eigenvalue weighted by Crippen LogP contribution is -2.46. The second-order valence-corrected chi connectivity index (χ2v) is 8.80. The number of piperidine rings is 1. The van der Waals surface area contributed by atoms with Crippen molar-refractivity contribution in [1.29, 1.82) is 0 Å². The van der Waals surface area contributed by atoms with Crippen molar-refractivity contribution in [1.82, 2.24) is 9.62 Å². The largest absolute Gasteiger partial charge is 0.488 e. The van der Waals surface area contributed by atoms with Crippen LogP contribution < -0.4 is 10.1 Å². The highest BCUT2D eigenvalue weighted by atomic mass is 32.2. The molecule has 1 amide bonds. The minimum absolute atomic E-state index is 0.0874. The smallest absolute Gasteiger partial charge is 0.255 e. The molecule has 8 heteroatoms. The Kier molecular flexibility index (Phi) is 6.31. The molecule has 0 aromatic heterocycles. The zero-order valence-electron chi connectivity index (χ0n) is 15.6. The number of hydrogen-bond donors (Lipinski definition) is 1. The third-order valence-corrected chi connectivity index (χ3v) is 6.00. The van der Waals surface area contributed by atoms with E-state index in [1.54, 1.807) is 36.4 Å². The minimum atomic E-state index is -3.20. The highest BCUT2D eigenvalue weighted by Gasteiger charge is 2.26. The number of hydrogen-bond acceptors (Lipinski definition) is 4. The van der Waals surface area contributed by atoms with Crippen LogP contribution in [0.25, 0.3) is 0 Å². The van der Waals surface area contributed by atoms with Gasteiger partial charge in [-0.25, -0.2) is 17.1 Å². The Morgan fingerprint density at radius 2 is 1.79 bits per heavy atom. The van der Waals surface area contributed by atoms with Gasteiger partial charge in [-0.15, -0.1) is 0 Å². The molecule has 1 aliphatic heterocycles. The van der Waals surface area contributed by atoms with E-state index in [0.29, 0.717) is 37.2 Å². The first kappa shape index (κ1) is 20.3. The van der Waals surface area contributed by atoms with Crippen LogP contribution >= 0.6 is 0 Å². The highest BCUT2D eigenvalue weighted by molar-refractivity contribution is 7.88. The van der Waals surface area contributed by atoms with Crippen LogP contribution in [0.4, 0.5) is 4.39 Å². The zero-order valence-corrected chi connectivity index (χ0v) is 16.4. The van der Waals surface area contributed by atoms with Gasteiger partial charge in [-0.2, -0.15) is 0 Å². The summed E-state index contributed by atoms with van der Waals surface area (Å²) < 4.78 is 43.4. The van der Waals surface area contributed by atoms with Crippen LogP contribution in [0.2, 0.25) is 0 Å². The van der Waals surface area contributed by atoms with E-state index in [-0.39, 0.29) is 24.4 Å². The molecule has 0 spiro atoms. The Morgan fingerprint density at radius 1 is 1.14 bits per heavy atom. The maximum atomic E-state index is 13.0. The Morgan fingerprint density at radius 3 is 2.43 bits per heavy atom. The van der Waals surface area contributed by atoms with E-state index >= 15 is 0 Å². The fraction of sp³-hybridized carbons (Fsp3) is 0.350. The molecule has 28 heavy (non-hydrogen) atoms. The van der Waals surface area contributed by atoms with Crippen molar-refractivity contribution in [2.75, 3.05) is 19.3 Å². The number of sulfonamides is 1. The van der Waals surface area contributed by atoms with Crippen molar-refractivity contribution in [2.45, 2.75) is 25.5 Å². The molecule has 2 aromatic rings. The first-order valence-electron chi connectivity index (χ1n) is 9.05. The second-order valence-electron chi connectivity index (χ2n) is 6.82. The van der Waals surface area contributed by atoms with Gasteiger partial charge in [-0.1, -0.05) is 24.3 Å². The van der Waals surface area contributed by atoms with Crippen LogP contribution in [0.1, 0.15) is 28.8 Å². The lowest BCUT2D eigenvalue weighted by atomic mass is 10.1. The van der Waals surface area contributed by atoms with Crippen molar-refractivity contribution < 1.29 is 22.3 Å². The average molecular weight is 406 g/mol. The van der Waals surface area contributed by atoms with Gasteiger partial charge in [0.05, 0.1) is 11.8 Å². The Balaban J connectivity index is 1.60. The predicted octanol–water partition coefficient (Wildman–Crippen LogP) is 2.56. The van der Waals surface area contributed by atoms with Crippen molar-refractivity contribution in [2.24, 2.45) is 0 Å². The summed E-state index contributed by atoms with van der Waals surface area (Å²) in [4.78, 5) is 12.7. The van der Waals surface area contributed by atoms with Crippen molar-refractivity contribution in [3.63, 3.8) is 0 Å². The lowest BCUT2D eigenvalue weighted by molar-refractivity contribution is 0.0919. The van der Waals surface area contributed by atoms with E-state index in [4.69, 9.17) is 4.74 Å². The van der Waals surface area contributed by atoms with E-state index in [2.05, 4.69) is 5.32 Å². The van der Waals surface area contributed by atoms with Crippen LogP contribution in [0.3, 0.4) is 0 Å². The molecule has 0 aliphatic carbocycles. The van der Waals surface area contributed by atoms with Crippen LogP contribution in [-0.4, -0.2) is 44.0 Å². The lowest BCUT2D eigenvalue weighted by Gasteiger charge is -2.30. The molecular formula is C20H23FN2O4S. The number of ether oxygens (including phenoxy) is 1. The number of carbonyl (C=O) groups excluding carboxylic acids is 1. The van der Waals surface area contributed by atoms with Crippen LogP contribution in [0.15, 0.2) is 48.5 Å². The normalized spacial score (nSPS) is 15.9. The van der Waals surface area contributed by atoms with E-state index in [1.807, 2.05) is 0 Å². The molecular weight excluding hydrogens is 383 g/mol. The molecule has 0 saturated carbocycles. The van der Waals surface area contributed by atoms with Crippen LogP contribution in [0.5, 0.6) is 5.75 Å². The molecule has 150 valence electrons. The summed E-state index contributed by atoms with van der Waals surface area (Å²) in [7, 11) is -3.20. The summed E-state index contributed by atoms with van der Waals surface area (Å²) in [5.41, 5.74) is 1.21. The fourth-order valence-electron chi connectivity index (χ4n) is 3.12. The third-order valence-electron chi connectivity index (χ3n) is 4.70. The summed E-state index contributed by atoms with van der Waals surface area (Å²) in [6, 6.07) is 12.8. The molecule has 6 nitrogen and oxygen atoms in total. The summed E-state index contributed by atoms with van der Waals surface area (Å²) in [5, 5.41) is 2.96. The molecule has 0 atom stereocenters. The van der Waals surface area contributed by atoms with Gasteiger partial charge < -0.3 is 10.1 Å². The minimum Gasteiger partial charge on any atom is -0.488 e. The van der Waals surface area contributed by atoms with Gasteiger partial charge in [0.2, 0.25) is 10.0 Å². The fourth-order valence-corrected chi connectivity index (χ4v) is 3.99. The van der Waals surface area contributed by atoms with E-state index in [1.165, 1.54) is 22.7 Å². The van der Waals surface area contributed by atoms with Crippen molar-refractivity contribution in [3.8, 4) is 5.75 Å². The number of benzene rings is 2. The number of para-hydroxylation sites is 1. The second kappa shape index (κ2) is 8.70. The molecule has 1 fully saturated rings. The molecule has 1 aliphatic rings. The number of nitrogens with one attached hydrogen (secondary N) is 1. The van der Waals surface area contributed by atoms with Gasteiger partial charge in [0.25, 0.3) is 5.91 Å². The monoisotopic (exact) mass is 406 g/mol. The Bertz CT molecular complexity index is 923. The molecule has 0 unspecified atom stereocenters. The number of rotatable bonds is 6. The number of amides is 1. The number of carbonyl (C=O) groups is 1. The molecule has 1 N–H and O–H groups in total. The third kappa shape index (κ3) is 5.30. The van der Waals surface area contributed by atoms with E-state index in [9.17, 15) is 17.6 Å². The maximum Gasteiger partial charge on any atom is 0.255 e. The summed E-state index contributed by atoms with van der Waals surface area (Å²) in [5.74, 6) is -0.129. The number of halogens is 1. The van der Waals surface area contributed by atoms with Gasteiger partial charge in [0.1, 0.15) is 18.2 Å². The van der Waals surface area contributed by atoms with Crippen LogP contribution in [0, 0.1) is 5.82 Å². The summed E-state index contributed by atoms with van der Waals surface area (Å²) in [6.07, 6.45) is 2.33. The van der Waals surface area contributed by atoms with E-state index < -0.39 is 10.0 Å². The molecule has 1 heterocycles.